The van der Waals surface area contributed by atoms with E-state index in [0.717, 1.165) is 11.1 Å². The van der Waals surface area contributed by atoms with Gasteiger partial charge in [-0.05, 0) is 54.8 Å². The molecule has 0 bridgehead atoms. The molecule has 0 aliphatic heterocycles. The SMILES string of the molecule is CC(OC(=O)/C=C/c1cccc(Cl)c1)C(=O)NCCc1ccc(S(N)(=O)=O)cc1. The maximum atomic E-state index is 12.0. The maximum absolute atomic E-state index is 12.0. The molecule has 9 heteroatoms. The van der Waals surface area contributed by atoms with Gasteiger partial charge < -0.3 is 10.1 Å². The lowest BCUT2D eigenvalue weighted by atomic mass is 10.1. The van der Waals surface area contributed by atoms with E-state index in [1.165, 1.54) is 25.1 Å². The Kier molecular flexibility index (Phi) is 7.95. The highest BCUT2D eigenvalue weighted by molar-refractivity contribution is 7.89. The topological polar surface area (TPSA) is 116 Å². The molecule has 0 aliphatic rings. The third kappa shape index (κ3) is 7.69. The summed E-state index contributed by atoms with van der Waals surface area (Å²) in [6, 6.07) is 13.0. The lowest BCUT2D eigenvalue weighted by molar-refractivity contribution is -0.150. The molecule has 0 aromatic heterocycles. The van der Waals surface area contributed by atoms with E-state index in [9.17, 15) is 18.0 Å². The minimum absolute atomic E-state index is 0.0247. The van der Waals surface area contributed by atoms with Crippen molar-refractivity contribution in [2.24, 2.45) is 5.14 Å². The third-order valence-electron chi connectivity index (χ3n) is 3.89. The van der Waals surface area contributed by atoms with Crippen molar-refractivity contribution in [1.82, 2.24) is 5.32 Å². The molecule has 154 valence electrons. The van der Waals surface area contributed by atoms with Crippen molar-refractivity contribution in [2.45, 2.75) is 24.3 Å². The van der Waals surface area contributed by atoms with Crippen LogP contribution in [0.25, 0.3) is 6.08 Å². The van der Waals surface area contributed by atoms with Crippen molar-refractivity contribution in [1.29, 1.82) is 0 Å². The monoisotopic (exact) mass is 436 g/mol. The average Bonchev–Trinajstić information content (AvgIpc) is 2.66. The van der Waals surface area contributed by atoms with Gasteiger partial charge in [0.15, 0.2) is 6.10 Å². The highest BCUT2D eigenvalue weighted by atomic mass is 35.5. The zero-order chi connectivity index (χ0) is 21.4. The number of hydrogen-bond donors (Lipinski definition) is 2. The van der Waals surface area contributed by atoms with Crippen LogP contribution in [0, 0.1) is 0 Å². The Morgan fingerprint density at radius 3 is 2.52 bits per heavy atom. The van der Waals surface area contributed by atoms with E-state index in [1.807, 2.05) is 0 Å². The predicted molar refractivity (Wildman–Crippen MR) is 111 cm³/mol. The molecule has 1 unspecified atom stereocenters. The summed E-state index contributed by atoms with van der Waals surface area (Å²) >= 11 is 5.87. The molecule has 3 N–H and O–H groups in total. The summed E-state index contributed by atoms with van der Waals surface area (Å²) in [5.74, 6) is -1.08. The van der Waals surface area contributed by atoms with E-state index >= 15 is 0 Å². The fourth-order valence-corrected chi connectivity index (χ4v) is 3.08. The Morgan fingerprint density at radius 1 is 1.21 bits per heavy atom. The zero-order valence-corrected chi connectivity index (χ0v) is 17.2. The average molecular weight is 437 g/mol. The second-order valence-electron chi connectivity index (χ2n) is 6.20. The predicted octanol–water partition coefficient (Wildman–Crippen LogP) is 2.29. The second kappa shape index (κ2) is 10.2. The molecule has 2 aromatic carbocycles. The van der Waals surface area contributed by atoms with Gasteiger partial charge in [0.2, 0.25) is 10.0 Å². The molecular formula is C20H21ClN2O5S. The molecule has 1 atom stereocenters. The lowest BCUT2D eigenvalue weighted by Gasteiger charge is -2.12. The van der Waals surface area contributed by atoms with Gasteiger partial charge in [0.25, 0.3) is 5.91 Å². The van der Waals surface area contributed by atoms with Gasteiger partial charge >= 0.3 is 5.97 Å². The number of ether oxygens (including phenoxy) is 1. The van der Waals surface area contributed by atoms with E-state index in [2.05, 4.69) is 5.32 Å². The molecule has 0 saturated heterocycles. The number of carbonyl (C=O) groups is 2. The number of rotatable bonds is 8. The van der Waals surface area contributed by atoms with Crippen LogP contribution in [-0.4, -0.2) is 32.9 Å². The first-order chi connectivity index (χ1) is 13.6. The van der Waals surface area contributed by atoms with Crippen molar-refractivity contribution in [3.05, 3.63) is 70.8 Å². The van der Waals surface area contributed by atoms with Crippen LogP contribution in [0.5, 0.6) is 0 Å². The van der Waals surface area contributed by atoms with Gasteiger partial charge in [-0.1, -0.05) is 35.9 Å². The van der Waals surface area contributed by atoms with E-state index < -0.39 is 28.0 Å². The lowest BCUT2D eigenvalue weighted by Crippen LogP contribution is -2.36. The van der Waals surface area contributed by atoms with Gasteiger partial charge in [0.1, 0.15) is 0 Å². The van der Waals surface area contributed by atoms with Crippen LogP contribution in [0.2, 0.25) is 5.02 Å². The summed E-state index contributed by atoms with van der Waals surface area (Å²) in [5, 5.41) is 8.25. The first-order valence-corrected chi connectivity index (χ1v) is 10.6. The van der Waals surface area contributed by atoms with Crippen LogP contribution in [0.4, 0.5) is 0 Å². The Balaban J connectivity index is 1.77. The van der Waals surface area contributed by atoms with Gasteiger partial charge in [-0.3, -0.25) is 4.79 Å². The molecule has 0 saturated carbocycles. The zero-order valence-electron chi connectivity index (χ0n) is 15.7. The fraction of sp³-hybridized carbons (Fsp3) is 0.200. The number of hydrogen-bond acceptors (Lipinski definition) is 5. The summed E-state index contributed by atoms with van der Waals surface area (Å²) in [6.07, 6.45) is 2.29. The quantitative estimate of drug-likeness (QED) is 0.486. The van der Waals surface area contributed by atoms with E-state index in [1.54, 1.807) is 42.5 Å². The molecule has 0 spiro atoms. The van der Waals surface area contributed by atoms with Crippen LogP contribution in [-0.2, 0) is 30.8 Å². The minimum Gasteiger partial charge on any atom is -0.449 e. The molecule has 29 heavy (non-hydrogen) atoms. The number of carbonyl (C=O) groups excluding carboxylic acids is 2. The first-order valence-electron chi connectivity index (χ1n) is 8.69. The second-order valence-corrected chi connectivity index (χ2v) is 8.20. The maximum Gasteiger partial charge on any atom is 0.331 e. The highest BCUT2D eigenvalue weighted by Crippen LogP contribution is 2.12. The third-order valence-corrected chi connectivity index (χ3v) is 5.05. The van der Waals surface area contributed by atoms with E-state index in [0.29, 0.717) is 18.0 Å². The number of sulfonamides is 1. The van der Waals surface area contributed by atoms with Gasteiger partial charge in [-0.2, -0.15) is 0 Å². The number of amides is 1. The molecule has 0 aliphatic carbocycles. The Labute approximate surface area is 174 Å². The van der Waals surface area contributed by atoms with E-state index in [4.69, 9.17) is 21.5 Å². The Hall–Kier alpha value is -2.68. The van der Waals surface area contributed by atoms with Gasteiger partial charge in [-0.15, -0.1) is 0 Å². The Morgan fingerprint density at radius 2 is 1.90 bits per heavy atom. The smallest absolute Gasteiger partial charge is 0.331 e. The van der Waals surface area contributed by atoms with Crippen molar-refractivity contribution in [3.63, 3.8) is 0 Å². The van der Waals surface area contributed by atoms with Crippen LogP contribution in [0.1, 0.15) is 18.1 Å². The van der Waals surface area contributed by atoms with E-state index in [-0.39, 0.29) is 4.90 Å². The Bertz CT molecular complexity index is 1000. The number of benzene rings is 2. The molecule has 2 rings (SSSR count). The van der Waals surface area contributed by atoms with Crippen LogP contribution >= 0.6 is 11.6 Å². The van der Waals surface area contributed by atoms with Crippen LogP contribution < -0.4 is 10.5 Å². The largest absolute Gasteiger partial charge is 0.449 e. The minimum atomic E-state index is -3.73. The number of primary sulfonamides is 1. The highest BCUT2D eigenvalue weighted by Gasteiger charge is 2.16. The van der Waals surface area contributed by atoms with Crippen molar-refractivity contribution in [2.75, 3.05) is 6.54 Å². The molecule has 1 amide bonds. The molecule has 2 aromatic rings. The fourth-order valence-electron chi connectivity index (χ4n) is 2.36. The number of esters is 1. The van der Waals surface area contributed by atoms with Gasteiger partial charge in [0.05, 0.1) is 4.90 Å². The normalized spacial score (nSPS) is 12.5. The summed E-state index contributed by atoms with van der Waals surface area (Å²) < 4.78 is 27.5. The van der Waals surface area contributed by atoms with Crippen molar-refractivity contribution >= 4 is 39.6 Å². The number of nitrogens with two attached hydrogens (primary N) is 1. The molecule has 0 fully saturated rings. The van der Waals surface area contributed by atoms with Crippen LogP contribution in [0.3, 0.4) is 0 Å². The summed E-state index contributed by atoms with van der Waals surface area (Å²) in [7, 11) is -3.73. The molecule has 0 heterocycles. The van der Waals surface area contributed by atoms with Crippen molar-refractivity contribution in [3.8, 4) is 0 Å². The molecule has 0 radical (unpaired) electrons. The number of nitrogens with one attached hydrogen (secondary N) is 1. The number of halogens is 1. The molecular weight excluding hydrogens is 416 g/mol. The summed E-state index contributed by atoms with van der Waals surface area (Å²) in [5.41, 5.74) is 1.56. The summed E-state index contributed by atoms with van der Waals surface area (Å²) in [6.45, 7) is 1.77. The first kappa shape index (κ1) is 22.6. The van der Waals surface area contributed by atoms with Gasteiger partial charge in [-0.25, -0.2) is 18.4 Å². The standard InChI is InChI=1S/C20H21ClN2O5S/c1-14(28-19(24)10-7-16-3-2-4-17(21)13-16)20(25)23-12-11-15-5-8-18(9-6-15)29(22,26)27/h2-10,13-14H,11-12H2,1H3,(H,23,25)(H2,22,26,27)/b10-7+. The summed E-state index contributed by atoms with van der Waals surface area (Å²) in [4.78, 5) is 23.9. The van der Waals surface area contributed by atoms with Gasteiger partial charge in [0, 0.05) is 17.6 Å². The van der Waals surface area contributed by atoms with Crippen LogP contribution in [0.15, 0.2) is 59.5 Å². The molecule has 7 nitrogen and oxygen atoms in total. The van der Waals surface area contributed by atoms with Crippen molar-refractivity contribution < 1.29 is 22.7 Å².